The minimum absolute atomic E-state index is 0.341. The molecule has 1 fully saturated rings. The van der Waals surface area contributed by atoms with E-state index in [1.807, 2.05) is 0 Å². The third kappa shape index (κ3) is 2.44. The Kier molecular flexibility index (Phi) is 3.98. The molecule has 0 radical (unpaired) electrons. The molecule has 1 saturated heterocycles. The Morgan fingerprint density at radius 2 is 2.00 bits per heavy atom. The summed E-state index contributed by atoms with van der Waals surface area (Å²) in [5, 5.41) is 12.2. The molecule has 1 rings (SSSR count). The Bertz CT molecular complexity index is 122. The van der Waals surface area contributed by atoms with Crippen LogP contribution in [-0.4, -0.2) is 55.5 Å². The quantitative estimate of drug-likeness (QED) is 0.578. The SMILES string of the molecule is CC[N+]1(CCCO)CCNCC1. The van der Waals surface area contributed by atoms with Crippen LogP contribution in [0.25, 0.3) is 0 Å². The van der Waals surface area contributed by atoms with Crippen LogP contribution in [0, 0.1) is 0 Å². The summed E-state index contributed by atoms with van der Waals surface area (Å²) in [5.41, 5.74) is 0. The van der Waals surface area contributed by atoms with E-state index in [-0.39, 0.29) is 0 Å². The van der Waals surface area contributed by atoms with Crippen molar-refractivity contribution in [2.75, 3.05) is 45.9 Å². The van der Waals surface area contributed by atoms with Crippen LogP contribution in [0.3, 0.4) is 0 Å². The van der Waals surface area contributed by atoms with Crippen molar-refractivity contribution in [3.05, 3.63) is 0 Å². The van der Waals surface area contributed by atoms with Crippen LogP contribution >= 0.6 is 0 Å². The first kappa shape index (κ1) is 9.96. The van der Waals surface area contributed by atoms with Gasteiger partial charge in [0.1, 0.15) is 0 Å². The third-order valence-electron chi connectivity index (χ3n) is 2.99. The molecule has 0 aromatic rings. The van der Waals surface area contributed by atoms with Crippen molar-refractivity contribution in [2.45, 2.75) is 13.3 Å². The fourth-order valence-electron chi connectivity index (χ4n) is 1.97. The van der Waals surface area contributed by atoms with E-state index < -0.39 is 0 Å². The third-order valence-corrected chi connectivity index (χ3v) is 2.99. The first-order valence-electron chi connectivity index (χ1n) is 5.00. The Balaban J connectivity index is 2.37. The van der Waals surface area contributed by atoms with E-state index in [0.717, 1.165) is 26.1 Å². The van der Waals surface area contributed by atoms with Crippen LogP contribution in [0.4, 0.5) is 0 Å². The first-order valence-corrected chi connectivity index (χ1v) is 5.00. The molecule has 0 spiro atoms. The van der Waals surface area contributed by atoms with Gasteiger partial charge in [0.25, 0.3) is 0 Å². The summed E-state index contributed by atoms with van der Waals surface area (Å²) in [4.78, 5) is 0. The van der Waals surface area contributed by atoms with Gasteiger partial charge in [-0.15, -0.1) is 0 Å². The molecule has 0 amide bonds. The molecule has 12 heavy (non-hydrogen) atoms. The van der Waals surface area contributed by atoms with Gasteiger partial charge in [-0.25, -0.2) is 0 Å². The minimum Gasteiger partial charge on any atom is -0.396 e. The normalized spacial score (nSPS) is 22.5. The Hall–Kier alpha value is -0.120. The van der Waals surface area contributed by atoms with Gasteiger partial charge in [-0.1, -0.05) is 0 Å². The van der Waals surface area contributed by atoms with Crippen LogP contribution in [0.5, 0.6) is 0 Å². The van der Waals surface area contributed by atoms with Gasteiger partial charge in [0.15, 0.2) is 0 Å². The second-order valence-electron chi connectivity index (χ2n) is 3.66. The molecule has 0 aromatic carbocycles. The number of hydrogen-bond acceptors (Lipinski definition) is 2. The fourth-order valence-corrected chi connectivity index (χ4v) is 1.97. The highest BCUT2D eigenvalue weighted by Gasteiger charge is 2.26. The molecule has 1 aliphatic heterocycles. The van der Waals surface area contributed by atoms with E-state index in [4.69, 9.17) is 5.11 Å². The van der Waals surface area contributed by atoms with Crippen molar-refractivity contribution >= 4 is 0 Å². The maximum Gasteiger partial charge on any atom is 0.0913 e. The van der Waals surface area contributed by atoms with Gasteiger partial charge in [0, 0.05) is 26.1 Å². The zero-order chi connectivity index (χ0) is 8.86. The molecule has 1 heterocycles. The monoisotopic (exact) mass is 173 g/mol. The van der Waals surface area contributed by atoms with Crippen molar-refractivity contribution < 1.29 is 9.59 Å². The number of aliphatic hydroxyl groups is 1. The van der Waals surface area contributed by atoms with Crippen molar-refractivity contribution in [1.29, 1.82) is 0 Å². The maximum absolute atomic E-state index is 8.78. The van der Waals surface area contributed by atoms with Crippen molar-refractivity contribution in [2.24, 2.45) is 0 Å². The van der Waals surface area contributed by atoms with Gasteiger partial charge in [-0.3, -0.25) is 0 Å². The Morgan fingerprint density at radius 1 is 1.33 bits per heavy atom. The summed E-state index contributed by atoms with van der Waals surface area (Å²) in [7, 11) is 0. The van der Waals surface area contributed by atoms with Gasteiger partial charge in [0.05, 0.1) is 26.2 Å². The summed E-state index contributed by atoms with van der Waals surface area (Å²) >= 11 is 0. The highest BCUT2D eigenvalue weighted by Crippen LogP contribution is 2.09. The summed E-state index contributed by atoms with van der Waals surface area (Å²) in [6.07, 6.45) is 0.952. The number of piperazine rings is 1. The summed E-state index contributed by atoms with van der Waals surface area (Å²) < 4.78 is 1.20. The van der Waals surface area contributed by atoms with E-state index in [9.17, 15) is 0 Å². The van der Waals surface area contributed by atoms with E-state index in [0.29, 0.717) is 6.61 Å². The number of hydrogen-bond donors (Lipinski definition) is 2. The number of nitrogens with one attached hydrogen (secondary N) is 1. The van der Waals surface area contributed by atoms with Crippen molar-refractivity contribution in [3.8, 4) is 0 Å². The molecule has 0 unspecified atom stereocenters. The Morgan fingerprint density at radius 3 is 2.50 bits per heavy atom. The molecule has 0 saturated carbocycles. The van der Waals surface area contributed by atoms with E-state index in [1.165, 1.54) is 24.1 Å². The molecule has 0 bridgehead atoms. The van der Waals surface area contributed by atoms with Crippen LogP contribution in [-0.2, 0) is 0 Å². The molecule has 0 aliphatic carbocycles. The van der Waals surface area contributed by atoms with Gasteiger partial charge in [0.2, 0.25) is 0 Å². The molecule has 3 heteroatoms. The Labute approximate surface area is 75.0 Å². The van der Waals surface area contributed by atoms with Crippen LogP contribution in [0.15, 0.2) is 0 Å². The first-order chi connectivity index (χ1) is 5.83. The van der Waals surface area contributed by atoms with Gasteiger partial charge in [-0.05, 0) is 6.92 Å². The zero-order valence-electron chi connectivity index (χ0n) is 8.05. The lowest BCUT2D eigenvalue weighted by atomic mass is 10.2. The number of aliphatic hydroxyl groups excluding tert-OH is 1. The van der Waals surface area contributed by atoms with Gasteiger partial charge >= 0.3 is 0 Å². The number of likely N-dealkylation sites (N-methyl/N-ethyl adjacent to an activating group) is 1. The maximum atomic E-state index is 8.78. The highest BCUT2D eigenvalue weighted by atomic mass is 16.3. The largest absolute Gasteiger partial charge is 0.396 e. The predicted octanol–water partition coefficient (Wildman–Crippen LogP) is -0.191. The second kappa shape index (κ2) is 4.80. The standard InChI is InChI=1S/C9H21N2O/c1-2-11(6-3-9-12)7-4-10-5-8-11/h10,12H,2-9H2,1H3/q+1. The molecule has 3 nitrogen and oxygen atoms in total. The average molecular weight is 173 g/mol. The summed E-state index contributed by atoms with van der Waals surface area (Å²) in [5.74, 6) is 0. The molecular formula is C9H21N2O+. The lowest BCUT2D eigenvalue weighted by Gasteiger charge is -2.41. The summed E-state index contributed by atoms with van der Waals surface area (Å²) in [6.45, 7) is 9.69. The lowest BCUT2D eigenvalue weighted by Crippen LogP contribution is -2.58. The zero-order valence-corrected chi connectivity index (χ0v) is 8.05. The average Bonchev–Trinajstić information content (AvgIpc) is 2.16. The van der Waals surface area contributed by atoms with E-state index in [2.05, 4.69) is 12.2 Å². The predicted molar refractivity (Wildman–Crippen MR) is 50.0 cm³/mol. The number of quaternary nitrogens is 1. The number of rotatable bonds is 4. The fraction of sp³-hybridized carbons (Fsp3) is 1.00. The number of nitrogens with zero attached hydrogens (tertiary/aromatic N) is 1. The van der Waals surface area contributed by atoms with Crippen molar-refractivity contribution in [1.82, 2.24) is 5.32 Å². The van der Waals surface area contributed by atoms with E-state index >= 15 is 0 Å². The van der Waals surface area contributed by atoms with Crippen LogP contribution in [0.2, 0.25) is 0 Å². The van der Waals surface area contributed by atoms with Gasteiger partial charge in [-0.2, -0.15) is 0 Å². The second-order valence-corrected chi connectivity index (χ2v) is 3.66. The molecule has 2 N–H and O–H groups in total. The summed E-state index contributed by atoms with van der Waals surface area (Å²) in [6, 6.07) is 0. The van der Waals surface area contributed by atoms with E-state index in [1.54, 1.807) is 0 Å². The molecule has 0 aromatic heterocycles. The topological polar surface area (TPSA) is 32.3 Å². The molecular weight excluding hydrogens is 152 g/mol. The lowest BCUT2D eigenvalue weighted by molar-refractivity contribution is -0.928. The molecule has 1 aliphatic rings. The van der Waals surface area contributed by atoms with Crippen LogP contribution < -0.4 is 5.32 Å². The molecule has 0 atom stereocenters. The van der Waals surface area contributed by atoms with Crippen molar-refractivity contribution in [3.63, 3.8) is 0 Å². The highest BCUT2D eigenvalue weighted by molar-refractivity contribution is 4.56. The van der Waals surface area contributed by atoms with Gasteiger partial charge < -0.3 is 14.9 Å². The smallest absolute Gasteiger partial charge is 0.0913 e. The van der Waals surface area contributed by atoms with Crippen LogP contribution in [0.1, 0.15) is 13.3 Å². The molecule has 72 valence electrons. The minimum atomic E-state index is 0.341.